The van der Waals surface area contributed by atoms with Gasteiger partial charge in [0.1, 0.15) is 6.10 Å². The van der Waals surface area contributed by atoms with E-state index >= 15 is 0 Å². The van der Waals surface area contributed by atoms with E-state index in [2.05, 4.69) is 5.32 Å². The molecule has 2 atom stereocenters. The standard InChI is InChI=1S/C15H27N3O3/c1-3-16-12(2)11-14(19)17-6-8-18(9-7-17)15(20)13-5-4-10-21-13/h12-13,16H,3-11H2,1-2H3. The first-order chi connectivity index (χ1) is 10.1. The zero-order valence-corrected chi connectivity index (χ0v) is 13.1. The van der Waals surface area contributed by atoms with Crippen molar-refractivity contribution in [2.45, 2.75) is 45.3 Å². The molecule has 2 aliphatic rings. The third-order valence-electron chi connectivity index (χ3n) is 4.18. The molecule has 2 amide bonds. The van der Waals surface area contributed by atoms with Crippen LogP contribution in [-0.2, 0) is 14.3 Å². The van der Waals surface area contributed by atoms with Crippen LogP contribution in [0.2, 0.25) is 0 Å². The molecule has 6 heteroatoms. The molecule has 120 valence electrons. The van der Waals surface area contributed by atoms with Crippen molar-refractivity contribution in [1.29, 1.82) is 0 Å². The minimum Gasteiger partial charge on any atom is -0.368 e. The summed E-state index contributed by atoms with van der Waals surface area (Å²) in [5.41, 5.74) is 0. The van der Waals surface area contributed by atoms with Gasteiger partial charge in [-0.2, -0.15) is 0 Å². The Hall–Kier alpha value is -1.14. The summed E-state index contributed by atoms with van der Waals surface area (Å²) in [5.74, 6) is 0.272. The number of ether oxygens (including phenoxy) is 1. The first-order valence-electron chi connectivity index (χ1n) is 8.03. The molecule has 21 heavy (non-hydrogen) atoms. The van der Waals surface area contributed by atoms with Crippen LogP contribution in [0.3, 0.4) is 0 Å². The second kappa shape index (κ2) is 7.75. The summed E-state index contributed by atoms with van der Waals surface area (Å²) in [6, 6.07) is 0.203. The number of amides is 2. The topological polar surface area (TPSA) is 61.9 Å². The third-order valence-corrected chi connectivity index (χ3v) is 4.18. The maximum absolute atomic E-state index is 12.2. The van der Waals surface area contributed by atoms with Gasteiger partial charge in [0.25, 0.3) is 5.91 Å². The Labute approximate surface area is 126 Å². The van der Waals surface area contributed by atoms with Gasteiger partial charge in [0, 0.05) is 45.2 Å². The number of piperazine rings is 1. The van der Waals surface area contributed by atoms with Crippen LogP contribution in [0.25, 0.3) is 0 Å². The molecule has 2 heterocycles. The van der Waals surface area contributed by atoms with Crippen LogP contribution in [0, 0.1) is 0 Å². The second-order valence-corrected chi connectivity index (χ2v) is 5.87. The molecule has 2 fully saturated rings. The summed E-state index contributed by atoms with van der Waals surface area (Å²) in [4.78, 5) is 28.1. The third kappa shape index (κ3) is 4.41. The fourth-order valence-electron chi connectivity index (χ4n) is 2.96. The lowest BCUT2D eigenvalue weighted by atomic mass is 10.1. The number of carbonyl (C=O) groups excluding carboxylic acids is 2. The number of nitrogens with one attached hydrogen (secondary N) is 1. The van der Waals surface area contributed by atoms with Crippen molar-refractivity contribution < 1.29 is 14.3 Å². The van der Waals surface area contributed by atoms with Crippen LogP contribution in [0.1, 0.15) is 33.1 Å². The molecule has 0 radical (unpaired) electrons. The van der Waals surface area contributed by atoms with Crippen molar-refractivity contribution in [2.24, 2.45) is 0 Å². The van der Waals surface area contributed by atoms with Gasteiger partial charge < -0.3 is 19.9 Å². The lowest BCUT2D eigenvalue weighted by Gasteiger charge is -2.36. The van der Waals surface area contributed by atoms with Crippen molar-refractivity contribution in [1.82, 2.24) is 15.1 Å². The van der Waals surface area contributed by atoms with E-state index < -0.39 is 0 Å². The van der Waals surface area contributed by atoms with E-state index in [1.54, 1.807) is 0 Å². The number of carbonyl (C=O) groups is 2. The summed E-state index contributed by atoms with van der Waals surface area (Å²) in [5, 5.41) is 3.25. The molecule has 0 spiro atoms. The van der Waals surface area contributed by atoms with Gasteiger partial charge in [-0.15, -0.1) is 0 Å². The van der Waals surface area contributed by atoms with Crippen LogP contribution < -0.4 is 5.32 Å². The highest BCUT2D eigenvalue weighted by Gasteiger charge is 2.31. The lowest BCUT2D eigenvalue weighted by molar-refractivity contribution is -0.146. The molecule has 2 saturated heterocycles. The number of hydrogen-bond acceptors (Lipinski definition) is 4. The quantitative estimate of drug-likeness (QED) is 0.789. The molecule has 0 saturated carbocycles. The van der Waals surface area contributed by atoms with Crippen LogP contribution in [0.4, 0.5) is 0 Å². The number of nitrogens with zero attached hydrogens (tertiary/aromatic N) is 2. The van der Waals surface area contributed by atoms with Crippen molar-refractivity contribution in [2.75, 3.05) is 39.3 Å². The monoisotopic (exact) mass is 297 g/mol. The largest absolute Gasteiger partial charge is 0.368 e. The molecule has 1 N–H and O–H groups in total. The first kappa shape index (κ1) is 16.2. The normalized spacial score (nSPS) is 24.2. The molecule has 2 rings (SSSR count). The molecule has 0 aromatic rings. The highest BCUT2D eigenvalue weighted by atomic mass is 16.5. The van der Waals surface area contributed by atoms with E-state index in [1.165, 1.54) is 0 Å². The van der Waals surface area contributed by atoms with Gasteiger partial charge in [-0.25, -0.2) is 0 Å². The van der Waals surface area contributed by atoms with Crippen LogP contribution in [-0.4, -0.2) is 73.1 Å². The fourth-order valence-corrected chi connectivity index (χ4v) is 2.96. The second-order valence-electron chi connectivity index (χ2n) is 5.87. The Balaban J connectivity index is 1.74. The highest BCUT2D eigenvalue weighted by Crippen LogP contribution is 2.16. The zero-order chi connectivity index (χ0) is 15.2. The number of hydrogen-bond donors (Lipinski definition) is 1. The van der Waals surface area contributed by atoms with E-state index in [9.17, 15) is 9.59 Å². The zero-order valence-electron chi connectivity index (χ0n) is 13.1. The van der Waals surface area contributed by atoms with Crippen LogP contribution in [0.5, 0.6) is 0 Å². The summed E-state index contributed by atoms with van der Waals surface area (Å²) >= 11 is 0. The van der Waals surface area contributed by atoms with Gasteiger partial charge in [0.2, 0.25) is 5.91 Å². The van der Waals surface area contributed by atoms with E-state index in [0.717, 1.165) is 19.4 Å². The molecular weight excluding hydrogens is 270 g/mol. The fraction of sp³-hybridized carbons (Fsp3) is 0.867. The van der Waals surface area contributed by atoms with E-state index in [4.69, 9.17) is 4.74 Å². The van der Waals surface area contributed by atoms with Gasteiger partial charge >= 0.3 is 0 Å². The van der Waals surface area contributed by atoms with Gasteiger partial charge in [-0.05, 0) is 26.3 Å². The Morgan fingerprint density at radius 3 is 2.48 bits per heavy atom. The van der Waals surface area contributed by atoms with Gasteiger partial charge in [-0.3, -0.25) is 9.59 Å². The molecule has 0 aromatic heterocycles. The van der Waals surface area contributed by atoms with Crippen LogP contribution >= 0.6 is 0 Å². The average Bonchev–Trinajstić information content (AvgIpc) is 3.01. The van der Waals surface area contributed by atoms with Crippen molar-refractivity contribution in [3.8, 4) is 0 Å². The minimum absolute atomic E-state index is 0.0978. The van der Waals surface area contributed by atoms with Gasteiger partial charge in [-0.1, -0.05) is 6.92 Å². The Morgan fingerprint density at radius 1 is 1.24 bits per heavy atom. The smallest absolute Gasteiger partial charge is 0.251 e. The molecule has 0 aromatic carbocycles. The average molecular weight is 297 g/mol. The summed E-state index contributed by atoms with van der Waals surface area (Å²) in [6.07, 6.45) is 2.07. The molecule has 0 bridgehead atoms. The Morgan fingerprint density at radius 2 is 1.90 bits per heavy atom. The van der Waals surface area contributed by atoms with Gasteiger partial charge in [0.05, 0.1) is 0 Å². The Kier molecular flexibility index (Phi) is 5.99. The number of rotatable bonds is 5. The van der Waals surface area contributed by atoms with E-state index in [-0.39, 0.29) is 24.0 Å². The maximum atomic E-state index is 12.2. The lowest BCUT2D eigenvalue weighted by Crippen LogP contribution is -2.53. The molecular formula is C15H27N3O3. The van der Waals surface area contributed by atoms with Gasteiger partial charge in [0.15, 0.2) is 0 Å². The molecule has 6 nitrogen and oxygen atoms in total. The van der Waals surface area contributed by atoms with E-state index in [0.29, 0.717) is 39.2 Å². The molecule has 2 unspecified atom stereocenters. The van der Waals surface area contributed by atoms with Crippen molar-refractivity contribution >= 4 is 11.8 Å². The van der Waals surface area contributed by atoms with E-state index in [1.807, 2.05) is 23.6 Å². The SMILES string of the molecule is CCNC(C)CC(=O)N1CCN(C(=O)C2CCCO2)CC1. The van der Waals surface area contributed by atoms with Crippen molar-refractivity contribution in [3.63, 3.8) is 0 Å². The molecule has 0 aliphatic carbocycles. The first-order valence-corrected chi connectivity index (χ1v) is 8.03. The summed E-state index contributed by atoms with van der Waals surface area (Å²) < 4.78 is 5.44. The summed E-state index contributed by atoms with van der Waals surface area (Å²) in [7, 11) is 0. The minimum atomic E-state index is -0.249. The predicted molar refractivity (Wildman–Crippen MR) is 79.9 cm³/mol. The van der Waals surface area contributed by atoms with Crippen LogP contribution in [0.15, 0.2) is 0 Å². The Bertz CT molecular complexity index is 361. The summed E-state index contributed by atoms with van der Waals surface area (Å²) in [6.45, 7) is 8.15. The van der Waals surface area contributed by atoms with Crippen molar-refractivity contribution in [3.05, 3.63) is 0 Å². The predicted octanol–water partition coefficient (Wildman–Crippen LogP) is 0.224. The highest BCUT2D eigenvalue weighted by molar-refractivity contribution is 5.82. The maximum Gasteiger partial charge on any atom is 0.251 e. The molecule has 2 aliphatic heterocycles.